The highest BCUT2D eigenvalue weighted by molar-refractivity contribution is 8.13. The second-order valence-corrected chi connectivity index (χ2v) is 6.40. The maximum absolute atomic E-state index is 12.1. The van der Waals surface area contributed by atoms with Crippen LogP contribution in [0.4, 0.5) is 5.69 Å². The molecule has 1 unspecified atom stereocenters. The molecule has 1 aromatic rings. The van der Waals surface area contributed by atoms with Crippen LogP contribution >= 0.6 is 11.8 Å². The Bertz CT molecular complexity index is 524. The largest absolute Gasteiger partial charge is 0.392 e. The van der Waals surface area contributed by atoms with Crippen LogP contribution in [0, 0.1) is 5.92 Å². The minimum absolute atomic E-state index is 0.0168. The first-order chi connectivity index (χ1) is 10.0. The molecule has 5 nitrogen and oxygen atoms in total. The summed E-state index contributed by atoms with van der Waals surface area (Å²) in [4.78, 5) is 24.8. The molecule has 1 aliphatic rings. The van der Waals surface area contributed by atoms with E-state index in [-0.39, 0.29) is 30.2 Å². The SMILES string of the molecule is CC(=O)SCC1CC(=O)N(c2cc(CO)cc(CO)c2)C1. The van der Waals surface area contributed by atoms with E-state index in [9.17, 15) is 19.8 Å². The molecule has 0 aliphatic carbocycles. The smallest absolute Gasteiger partial charge is 0.227 e. The molecule has 0 aromatic heterocycles. The van der Waals surface area contributed by atoms with E-state index in [1.165, 1.54) is 18.7 Å². The number of thioether (sulfide) groups is 1. The Morgan fingerprint density at radius 1 is 1.29 bits per heavy atom. The van der Waals surface area contributed by atoms with Crippen molar-refractivity contribution in [2.75, 3.05) is 17.2 Å². The van der Waals surface area contributed by atoms with Crippen molar-refractivity contribution in [3.8, 4) is 0 Å². The first-order valence-corrected chi connectivity index (χ1v) is 7.80. The number of amides is 1. The highest BCUT2D eigenvalue weighted by atomic mass is 32.2. The molecule has 6 heteroatoms. The fraction of sp³-hybridized carbons (Fsp3) is 0.467. The zero-order valence-electron chi connectivity index (χ0n) is 11.9. The van der Waals surface area contributed by atoms with Crippen molar-refractivity contribution in [2.45, 2.75) is 26.6 Å². The lowest BCUT2D eigenvalue weighted by molar-refractivity contribution is -0.117. The van der Waals surface area contributed by atoms with Gasteiger partial charge in [0, 0.05) is 31.3 Å². The quantitative estimate of drug-likeness (QED) is 0.857. The Balaban J connectivity index is 2.14. The van der Waals surface area contributed by atoms with Crippen molar-refractivity contribution in [1.29, 1.82) is 0 Å². The normalized spacial score (nSPS) is 18.3. The molecule has 114 valence electrons. The van der Waals surface area contributed by atoms with Gasteiger partial charge in [-0.1, -0.05) is 17.8 Å². The third-order valence-corrected chi connectivity index (χ3v) is 4.49. The number of carbonyl (C=O) groups is 2. The van der Waals surface area contributed by atoms with Gasteiger partial charge in [-0.2, -0.15) is 0 Å². The number of rotatable bonds is 5. The van der Waals surface area contributed by atoms with Gasteiger partial charge in [0.15, 0.2) is 5.12 Å². The zero-order valence-corrected chi connectivity index (χ0v) is 12.7. The van der Waals surface area contributed by atoms with Crippen LogP contribution in [0.3, 0.4) is 0 Å². The van der Waals surface area contributed by atoms with E-state index in [0.29, 0.717) is 35.5 Å². The summed E-state index contributed by atoms with van der Waals surface area (Å²) in [7, 11) is 0. The average Bonchev–Trinajstić information content (AvgIpc) is 2.85. The predicted octanol–water partition coefficient (Wildman–Crippen LogP) is 1.30. The monoisotopic (exact) mass is 309 g/mol. The summed E-state index contributed by atoms with van der Waals surface area (Å²) in [6, 6.07) is 5.24. The zero-order chi connectivity index (χ0) is 15.4. The van der Waals surface area contributed by atoms with Crippen LogP contribution in [0.15, 0.2) is 18.2 Å². The first-order valence-electron chi connectivity index (χ1n) is 6.81. The van der Waals surface area contributed by atoms with E-state index in [0.717, 1.165) is 0 Å². The Morgan fingerprint density at radius 3 is 2.43 bits per heavy atom. The van der Waals surface area contributed by atoms with E-state index in [4.69, 9.17) is 0 Å². The maximum Gasteiger partial charge on any atom is 0.227 e. The second kappa shape index (κ2) is 7.06. The fourth-order valence-electron chi connectivity index (χ4n) is 2.46. The van der Waals surface area contributed by atoms with Crippen molar-refractivity contribution in [3.63, 3.8) is 0 Å². The van der Waals surface area contributed by atoms with E-state index in [1.54, 1.807) is 23.1 Å². The number of hydrogen-bond donors (Lipinski definition) is 2. The fourth-order valence-corrected chi connectivity index (χ4v) is 3.15. The Labute approximate surface area is 128 Å². The van der Waals surface area contributed by atoms with Gasteiger partial charge < -0.3 is 15.1 Å². The highest BCUT2D eigenvalue weighted by Gasteiger charge is 2.31. The minimum Gasteiger partial charge on any atom is -0.392 e. The molecule has 21 heavy (non-hydrogen) atoms. The molecule has 0 saturated carbocycles. The van der Waals surface area contributed by atoms with Crippen molar-refractivity contribution in [1.82, 2.24) is 0 Å². The van der Waals surface area contributed by atoms with Crippen molar-refractivity contribution < 1.29 is 19.8 Å². The van der Waals surface area contributed by atoms with Gasteiger partial charge in [-0.3, -0.25) is 9.59 Å². The van der Waals surface area contributed by atoms with E-state index in [1.807, 2.05) is 0 Å². The summed E-state index contributed by atoms with van der Waals surface area (Å²) in [5.74, 6) is 0.814. The molecule has 1 amide bonds. The summed E-state index contributed by atoms with van der Waals surface area (Å²) in [6.45, 7) is 1.83. The van der Waals surface area contributed by atoms with Gasteiger partial charge in [0.05, 0.1) is 13.2 Å². The minimum atomic E-state index is -0.132. The average molecular weight is 309 g/mol. The molecule has 2 N–H and O–H groups in total. The summed E-state index contributed by atoms with van der Waals surface area (Å²) in [6.07, 6.45) is 0.429. The number of nitrogens with zero attached hydrogens (tertiary/aromatic N) is 1. The lowest BCUT2D eigenvalue weighted by atomic mass is 10.1. The summed E-state index contributed by atoms with van der Waals surface area (Å²) >= 11 is 1.25. The molecular formula is C15H19NO4S. The third-order valence-electron chi connectivity index (χ3n) is 3.44. The second-order valence-electron chi connectivity index (χ2n) is 5.20. The van der Waals surface area contributed by atoms with Gasteiger partial charge in [0.2, 0.25) is 5.91 Å². The van der Waals surface area contributed by atoms with Crippen LogP contribution in [0.1, 0.15) is 24.5 Å². The molecule has 0 spiro atoms. The van der Waals surface area contributed by atoms with E-state index in [2.05, 4.69) is 0 Å². The van der Waals surface area contributed by atoms with E-state index >= 15 is 0 Å². The Morgan fingerprint density at radius 2 is 1.90 bits per heavy atom. The molecule has 1 fully saturated rings. The number of carbonyl (C=O) groups excluding carboxylic acids is 2. The van der Waals surface area contributed by atoms with Crippen LogP contribution in [-0.4, -0.2) is 33.5 Å². The van der Waals surface area contributed by atoms with Gasteiger partial charge in [0.25, 0.3) is 0 Å². The Kier molecular flexibility index (Phi) is 5.39. The van der Waals surface area contributed by atoms with Crippen molar-refractivity contribution >= 4 is 28.5 Å². The van der Waals surface area contributed by atoms with Gasteiger partial charge >= 0.3 is 0 Å². The predicted molar refractivity (Wildman–Crippen MR) is 81.9 cm³/mol. The molecule has 2 rings (SSSR count). The Hall–Kier alpha value is -1.37. The lowest BCUT2D eigenvalue weighted by Gasteiger charge is -2.18. The van der Waals surface area contributed by atoms with E-state index < -0.39 is 0 Å². The molecule has 1 saturated heterocycles. The first kappa shape index (κ1) is 16.0. The molecule has 0 radical (unpaired) electrons. The highest BCUT2D eigenvalue weighted by Crippen LogP contribution is 2.29. The van der Waals surface area contributed by atoms with Gasteiger partial charge in [-0.25, -0.2) is 0 Å². The van der Waals surface area contributed by atoms with Crippen LogP contribution in [-0.2, 0) is 22.8 Å². The molecule has 1 atom stereocenters. The number of benzene rings is 1. The number of aliphatic hydroxyl groups is 2. The van der Waals surface area contributed by atoms with Crippen LogP contribution in [0.5, 0.6) is 0 Å². The number of anilines is 1. The molecule has 1 aliphatic heterocycles. The van der Waals surface area contributed by atoms with Crippen molar-refractivity contribution in [2.24, 2.45) is 5.92 Å². The van der Waals surface area contributed by atoms with Gasteiger partial charge in [0.1, 0.15) is 0 Å². The van der Waals surface area contributed by atoms with Crippen LogP contribution in [0.2, 0.25) is 0 Å². The summed E-state index contributed by atoms with van der Waals surface area (Å²) < 4.78 is 0. The van der Waals surface area contributed by atoms with Gasteiger partial charge in [-0.15, -0.1) is 0 Å². The standard InChI is InChI=1S/C15H19NO4S/c1-10(19)21-9-13-5-15(20)16(6-13)14-3-11(7-17)2-12(4-14)8-18/h2-4,13,17-18H,5-9H2,1H3. The molecular weight excluding hydrogens is 290 g/mol. The summed E-state index contributed by atoms with van der Waals surface area (Å²) in [5.41, 5.74) is 2.04. The summed E-state index contributed by atoms with van der Waals surface area (Å²) in [5, 5.41) is 18.6. The number of hydrogen-bond acceptors (Lipinski definition) is 5. The maximum atomic E-state index is 12.1. The third kappa shape index (κ3) is 4.06. The topological polar surface area (TPSA) is 77.8 Å². The van der Waals surface area contributed by atoms with Crippen LogP contribution in [0.25, 0.3) is 0 Å². The lowest BCUT2D eigenvalue weighted by Crippen LogP contribution is -2.25. The molecule has 1 heterocycles. The van der Waals surface area contributed by atoms with Gasteiger partial charge in [-0.05, 0) is 29.2 Å². The van der Waals surface area contributed by atoms with Crippen molar-refractivity contribution in [3.05, 3.63) is 29.3 Å². The number of aliphatic hydroxyl groups excluding tert-OH is 2. The molecule has 0 bridgehead atoms. The van der Waals surface area contributed by atoms with Crippen LogP contribution < -0.4 is 4.90 Å². The molecule has 1 aromatic carbocycles.